The lowest BCUT2D eigenvalue weighted by Crippen LogP contribution is -2.42. The van der Waals surface area contributed by atoms with Gasteiger partial charge in [0.15, 0.2) is 0 Å². The van der Waals surface area contributed by atoms with Crippen LogP contribution >= 0.6 is 0 Å². The Labute approximate surface area is 110 Å². The van der Waals surface area contributed by atoms with E-state index in [0.717, 1.165) is 25.6 Å². The van der Waals surface area contributed by atoms with Gasteiger partial charge in [-0.05, 0) is 31.5 Å². The highest BCUT2D eigenvalue weighted by atomic mass is 15.3. The van der Waals surface area contributed by atoms with E-state index in [1.807, 2.05) is 23.1 Å². The summed E-state index contributed by atoms with van der Waals surface area (Å²) in [5, 5.41) is 7.96. The van der Waals surface area contributed by atoms with Crippen LogP contribution < -0.4 is 5.32 Å². The molecular formula is C14H26N4. The van der Waals surface area contributed by atoms with Gasteiger partial charge in [-0.3, -0.25) is 9.58 Å². The maximum absolute atomic E-state index is 4.27. The Bertz CT molecular complexity index is 323. The Morgan fingerprint density at radius 3 is 3.06 bits per heavy atom. The quantitative estimate of drug-likeness (QED) is 0.861. The van der Waals surface area contributed by atoms with Crippen molar-refractivity contribution in [2.24, 2.45) is 5.92 Å². The van der Waals surface area contributed by atoms with Crippen LogP contribution in [0.2, 0.25) is 0 Å². The van der Waals surface area contributed by atoms with E-state index in [9.17, 15) is 0 Å². The van der Waals surface area contributed by atoms with Crippen molar-refractivity contribution in [1.82, 2.24) is 20.0 Å². The molecule has 0 saturated carbocycles. The zero-order valence-electron chi connectivity index (χ0n) is 11.7. The minimum Gasteiger partial charge on any atom is -0.312 e. The van der Waals surface area contributed by atoms with Gasteiger partial charge >= 0.3 is 0 Å². The van der Waals surface area contributed by atoms with Crippen molar-refractivity contribution in [2.45, 2.75) is 39.3 Å². The number of nitrogens with one attached hydrogen (secondary N) is 1. The van der Waals surface area contributed by atoms with Crippen molar-refractivity contribution in [3.8, 4) is 0 Å². The molecule has 0 aromatic carbocycles. The second kappa shape index (κ2) is 6.90. The Kier molecular flexibility index (Phi) is 5.20. The fourth-order valence-corrected chi connectivity index (χ4v) is 2.57. The van der Waals surface area contributed by atoms with Crippen LogP contribution in [-0.4, -0.2) is 46.9 Å². The average molecular weight is 250 g/mol. The fraction of sp³-hybridized carbons (Fsp3) is 0.786. The molecule has 4 heteroatoms. The van der Waals surface area contributed by atoms with Gasteiger partial charge in [-0.25, -0.2) is 0 Å². The largest absolute Gasteiger partial charge is 0.312 e. The molecule has 1 fully saturated rings. The first-order valence-corrected chi connectivity index (χ1v) is 7.22. The highest BCUT2D eigenvalue weighted by molar-refractivity contribution is 4.81. The number of nitrogens with zero attached hydrogens (tertiary/aromatic N) is 3. The fourth-order valence-electron chi connectivity index (χ4n) is 2.57. The topological polar surface area (TPSA) is 33.1 Å². The predicted octanol–water partition coefficient (Wildman–Crippen LogP) is 1.59. The monoisotopic (exact) mass is 250 g/mol. The van der Waals surface area contributed by atoms with Gasteiger partial charge in [0.05, 0.1) is 6.54 Å². The molecule has 0 bridgehead atoms. The summed E-state index contributed by atoms with van der Waals surface area (Å²) < 4.78 is 2.02. The third-order valence-electron chi connectivity index (χ3n) is 4.05. The van der Waals surface area contributed by atoms with Gasteiger partial charge in [-0.15, -0.1) is 0 Å². The Balaban J connectivity index is 1.83. The second-order valence-corrected chi connectivity index (χ2v) is 5.37. The summed E-state index contributed by atoms with van der Waals surface area (Å²) in [5.41, 5.74) is 0. The van der Waals surface area contributed by atoms with E-state index in [4.69, 9.17) is 0 Å². The van der Waals surface area contributed by atoms with Crippen molar-refractivity contribution in [3.63, 3.8) is 0 Å². The summed E-state index contributed by atoms with van der Waals surface area (Å²) in [6.45, 7) is 10.3. The van der Waals surface area contributed by atoms with Crippen LogP contribution in [0.25, 0.3) is 0 Å². The molecule has 4 nitrogen and oxygen atoms in total. The minimum atomic E-state index is 0.648. The number of rotatable bonds is 5. The molecule has 1 aliphatic heterocycles. The number of aromatic nitrogens is 2. The maximum Gasteiger partial charge on any atom is 0.0536 e. The third kappa shape index (κ3) is 3.82. The molecule has 1 aliphatic rings. The van der Waals surface area contributed by atoms with E-state index in [0.29, 0.717) is 6.04 Å². The van der Waals surface area contributed by atoms with Crippen molar-refractivity contribution < 1.29 is 0 Å². The molecule has 0 amide bonds. The first-order valence-electron chi connectivity index (χ1n) is 7.22. The van der Waals surface area contributed by atoms with E-state index < -0.39 is 0 Å². The summed E-state index contributed by atoms with van der Waals surface area (Å²) in [4.78, 5) is 2.58. The summed E-state index contributed by atoms with van der Waals surface area (Å²) in [6, 6.07) is 2.64. The first-order chi connectivity index (χ1) is 8.79. The lowest BCUT2D eigenvalue weighted by molar-refractivity contribution is 0.228. The molecule has 102 valence electrons. The molecule has 0 radical (unpaired) electrons. The van der Waals surface area contributed by atoms with Gasteiger partial charge in [-0.2, -0.15) is 5.10 Å². The van der Waals surface area contributed by atoms with E-state index in [1.54, 1.807) is 0 Å². The van der Waals surface area contributed by atoms with Crippen molar-refractivity contribution in [1.29, 1.82) is 0 Å². The standard InChI is InChI=1S/C14H26N4/c1-3-13(2)14-12-17(8-4-6-15-14)10-11-18-9-5-7-16-18/h5,7,9,13-15H,3-4,6,8,10-12H2,1-2H3. The van der Waals surface area contributed by atoms with Crippen LogP contribution in [0.1, 0.15) is 26.7 Å². The van der Waals surface area contributed by atoms with Gasteiger partial charge in [0.25, 0.3) is 0 Å². The van der Waals surface area contributed by atoms with E-state index in [2.05, 4.69) is 29.2 Å². The molecule has 2 unspecified atom stereocenters. The van der Waals surface area contributed by atoms with Gasteiger partial charge in [0.1, 0.15) is 0 Å². The lowest BCUT2D eigenvalue weighted by Gasteiger charge is -2.27. The van der Waals surface area contributed by atoms with Crippen LogP contribution in [0.4, 0.5) is 0 Å². The highest BCUT2D eigenvalue weighted by Gasteiger charge is 2.21. The maximum atomic E-state index is 4.27. The molecule has 1 saturated heterocycles. The molecule has 1 N–H and O–H groups in total. The Hall–Kier alpha value is -0.870. The Morgan fingerprint density at radius 2 is 2.33 bits per heavy atom. The van der Waals surface area contributed by atoms with Crippen LogP contribution in [0.3, 0.4) is 0 Å². The van der Waals surface area contributed by atoms with Gasteiger partial charge in [0.2, 0.25) is 0 Å². The summed E-state index contributed by atoms with van der Waals surface area (Å²) in [5.74, 6) is 0.760. The molecule has 1 aromatic rings. The second-order valence-electron chi connectivity index (χ2n) is 5.37. The average Bonchev–Trinajstić information content (AvgIpc) is 2.80. The molecule has 1 aromatic heterocycles. The Morgan fingerprint density at radius 1 is 1.44 bits per heavy atom. The van der Waals surface area contributed by atoms with Gasteiger partial charge < -0.3 is 5.32 Å². The molecule has 2 atom stereocenters. The smallest absolute Gasteiger partial charge is 0.0536 e. The van der Waals surface area contributed by atoms with Crippen LogP contribution in [-0.2, 0) is 6.54 Å². The summed E-state index contributed by atoms with van der Waals surface area (Å²) in [7, 11) is 0. The minimum absolute atomic E-state index is 0.648. The molecule has 2 heterocycles. The predicted molar refractivity (Wildman–Crippen MR) is 74.5 cm³/mol. The first kappa shape index (κ1) is 13.6. The van der Waals surface area contributed by atoms with Crippen LogP contribution in [0.5, 0.6) is 0 Å². The van der Waals surface area contributed by atoms with Gasteiger partial charge in [-0.1, -0.05) is 20.3 Å². The van der Waals surface area contributed by atoms with E-state index in [-0.39, 0.29) is 0 Å². The molecule has 0 aliphatic carbocycles. The van der Waals surface area contributed by atoms with E-state index in [1.165, 1.54) is 25.9 Å². The van der Waals surface area contributed by atoms with Gasteiger partial charge in [0, 0.05) is 31.5 Å². The highest BCUT2D eigenvalue weighted by Crippen LogP contribution is 2.12. The zero-order valence-corrected chi connectivity index (χ0v) is 11.7. The molecule has 18 heavy (non-hydrogen) atoms. The number of hydrogen-bond donors (Lipinski definition) is 1. The molecule has 2 rings (SSSR count). The van der Waals surface area contributed by atoms with Crippen molar-refractivity contribution in [2.75, 3.05) is 26.2 Å². The van der Waals surface area contributed by atoms with E-state index >= 15 is 0 Å². The van der Waals surface area contributed by atoms with Crippen LogP contribution in [0, 0.1) is 5.92 Å². The summed E-state index contributed by atoms with van der Waals surface area (Å²) >= 11 is 0. The molecule has 0 spiro atoms. The third-order valence-corrected chi connectivity index (χ3v) is 4.05. The number of hydrogen-bond acceptors (Lipinski definition) is 3. The van der Waals surface area contributed by atoms with Crippen molar-refractivity contribution >= 4 is 0 Å². The normalized spacial score (nSPS) is 23.8. The van der Waals surface area contributed by atoms with Crippen molar-refractivity contribution in [3.05, 3.63) is 18.5 Å². The van der Waals surface area contributed by atoms with Crippen LogP contribution in [0.15, 0.2) is 18.5 Å². The summed E-state index contributed by atoms with van der Waals surface area (Å²) in [6.07, 6.45) is 6.41. The zero-order chi connectivity index (χ0) is 12.8. The molecular weight excluding hydrogens is 224 g/mol. The lowest BCUT2D eigenvalue weighted by atomic mass is 9.99. The SMILES string of the molecule is CCC(C)C1CN(CCn2cccn2)CCCN1.